The van der Waals surface area contributed by atoms with Crippen LogP contribution in [0.3, 0.4) is 0 Å². The van der Waals surface area contributed by atoms with Crippen molar-refractivity contribution in [2.75, 3.05) is 13.7 Å². The molecule has 2 saturated heterocycles. The van der Waals surface area contributed by atoms with Gasteiger partial charge < -0.3 is 50.0 Å². The van der Waals surface area contributed by atoms with E-state index in [0.717, 1.165) is 31.3 Å². The lowest BCUT2D eigenvalue weighted by Gasteiger charge is -2.84. The number of aliphatic hydroxyl groups excluding tert-OH is 3. The third-order valence-corrected chi connectivity index (χ3v) is 21.9. The fourth-order valence-corrected chi connectivity index (χ4v) is 20.0. The fourth-order valence-electron chi connectivity index (χ4n) is 20.0. The number of amides is 1. The first-order valence-corrected chi connectivity index (χ1v) is 25.0. The summed E-state index contributed by atoms with van der Waals surface area (Å²) in [5.41, 5.74) is -0.505. The molecule has 360 valence electrons. The molecule has 4 saturated carbocycles. The Bertz CT molecular complexity index is 2510. The molecule has 1 amide bonds. The standard InChI is InChI=1S/C54H68N2O11/c1-7-27-24-55-25-29(27)19-31-10-9-28-22-49(5)51-18-17-50(46(63)64)33(26-65-6)23-48(4)14-8-15-52(50)35(51)13-16-53(49)30(20-34(51)42(60)56-45(48)52)11-12-32-21-36(47(2,3)41(28)54(31,32)53)66-44-39(59)37(57)38(58)40(67-44)43(61)62/h8-13,15,20,24-25,28,31-34,36-41,44-45,55,57-59H,7,14,16-19,21-23,26H2,1-6H3,(H,56,60)(H,61,62)(H,63,64)/t28-,31-,32+,33+,34+,36+,37+,38+,39-,40+,41+,44-,45-,48-,49+,50+,51+,52-,53-,54+/m1/s1. The van der Waals surface area contributed by atoms with Crippen molar-refractivity contribution in [2.45, 2.75) is 135 Å². The molecule has 13 nitrogen and oxygen atoms in total. The first-order chi connectivity index (χ1) is 31.8. The average molecular weight is 921 g/mol. The molecule has 1 aromatic rings. The van der Waals surface area contributed by atoms with Gasteiger partial charge in [0.15, 0.2) is 12.4 Å². The molecular weight excluding hydrogens is 853 g/mol. The zero-order chi connectivity index (χ0) is 47.2. The Morgan fingerprint density at radius 1 is 0.955 bits per heavy atom. The van der Waals surface area contributed by atoms with Crippen LogP contribution in [0, 0.1) is 78.8 Å². The third-order valence-electron chi connectivity index (χ3n) is 21.9. The summed E-state index contributed by atoms with van der Waals surface area (Å²) in [6.07, 6.45) is 20.0. The van der Waals surface area contributed by atoms with Crippen molar-refractivity contribution < 1.29 is 54.1 Å². The molecule has 0 radical (unpaired) electrons. The maximum atomic E-state index is 15.7. The van der Waals surface area contributed by atoms with E-state index in [-0.39, 0.29) is 35.5 Å². The van der Waals surface area contributed by atoms with Gasteiger partial charge in [-0.05, 0) is 120 Å². The van der Waals surface area contributed by atoms with Crippen molar-refractivity contribution in [3.05, 3.63) is 83.3 Å². The smallest absolute Gasteiger partial charge is 0.335 e. The molecule has 67 heavy (non-hydrogen) atoms. The first-order valence-electron chi connectivity index (χ1n) is 25.0. The highest BCUT2D eigenvalue weighted by Gasteiger charge is 2.88. The molecule has 6 bridgehead atoms. The summed E-state index contributed by atoms with van der Waals surface area (Å²) in [6.45, 7) is 11.8. The molecule has 6 fully saturated rings. The number of aliphatic hydroxyl groups is 3. The minimum Gasteiger partial charge on any atom is -0.481 e. The number of methoxy groups -OCH3 is 1. The summed E-state index contributed by atoms with van der Waals surface area (Å²) < 4.78 is 18.6. The number of rotatable bonds is 9. The Balaban J connectivity index is 1.10. The van der Waals surface area contributed by atoms with E-state index in [0.29, 0.717) is 38.7 Å². The second-order valence-electron chi connectivity index (χ2n) is 24.1. The summed E-state index contributed by atoms with van der Waals surface area (Å²) in [4.78, 5) is 46.0. The van der Waals surface area contributed by atoms with Gasteiger partial charge in [0.25, 0.3) is 0 Å². The van der Waals surface area contributed by atoms with Crippen LogP contribution in [0.15, 0.2) is 72.1 Å². The van der Waals surface area contributed by atoms with Crippen LogP contribution in [0.25, 0.3) is 0 Å². The summed E-state index contributed by atoms with van der Waals surface area (Å²) in [5, 5.41) is 58.5. The van der Waals surface area contributed by atoms with Gasteiger partial charge in [-0.15, -0.1) is 0 Å². The van der Waals surface area contributed by atoms with Gasteiger partial charge in [-0.3, -0.25) is 9.59 Å². The Morgan fingerprint density at radius 3 is 2.46 bits per heavy atom. The van der Waals surface area contributed by atoms with Gasteiger partial charge in [0.2, 0.25) is 5.91 Å². The zero-order valence-electron chi connectivity index (χ0n) is 39.5. The monoisotopic (exact) mass is 920 g/mol. The van der Waals surface area contributed by atoms with E-state index in [1.807, 2.05) is 0 Å². The number of aryl methyl sites for hydroxylation is 1. The molecule has 1 aromatic heterocycles. The number of aromatic amines is 1. The summed E-state index contributed by atoms with van der Waals surface area (Å²) in [7, 11) is 1.68. The van der Waals surface area contributed by atoms with E-state index < -0.39 is 104 Å². The fraction of sp³-hybridized carbons (Fsp3) is 0.685. The molecule has 13 heteroatoms. The SMILES string of the molecule is CCc1c[nH]cc1C[C@H]1C=C[C@@H]2C[C@]3(C)[C@@]45CC=C6[C@@]78C=CC[C@]9(C)C[C@@H](COC)[C@]7(C(=O)O)CC[C@]63[C@@H](C=C4C=C[C@H]3C[C@H](O[C@@H]4O[C@H](C(=O)O)[C@@H](O)[C@H](O)[C@H]4O)C(C)(C)[C@H]2[C@]135)C(=O)N[C@H]98. The lowest BCUT2D eigenvalue weighted by molar-refractivity contribution is -0.346. The molecule has 20 atom stereocenters. The van der Waals surface area contributed by atoms with Crippen LogP contribution in [-0.2, 0) is 41.4 Å². The molecule has 0 unspecified atom stereocenters. The molecule has 9 aliphatic carbocycles. The number of allylic oxidation sites excluding steroid dienone is 7. The number of nitrogens with one attached hydrogen (secondary N) is 2. The van der Waals surface area contributed by atoms with Crippen molar-refractivity contribution in [2.24, 2.45) is 78.8 Å². The quantitative estimate of drug-likeness (QED) is 0.119. The number of aromatic nitrogens is 1. The van der Waals surface area contributed by atoms with Gasteiger partial charge in [0.05, 0.1) is 24.0 Å². The van der Waals surface area contributed by atoms with Crippen LogP contribution >= 0.6 is 0 Å². The molecule has 3 heterocycles. The Morgan fingerprint density at radius 2 is 1.73 bits per heavy atom. The highest BCUT2D eigenvalue weighted by Crippen LogP contribution is 2.91. The number of hydrogen-bond acceptors (Lipinski definition) is 9. The number of carbonyl (C=O) groups is 3. The number of aliphatic carboxylic acids is 2. The van der Waals surface area contributed by atoms with E-state index in [1.165, 1.54) is 16.7 Å². The van der Waals surface area contributed by atoms with Crippen molar-refractivity contribution in [3.8, 4) is 0 Å². The van der Waals surface area contributed by atoms with Gasteiger partial charge in [-0.25, -0.2) is 4.79 Å². The minimum absolute atomic E-state index is 0.00216. The lowest BCUT2D eigenvalue weighted by atomic mass is 9.18. The molecule has 0 aromatic carbocycles. The van der Waals surface area contributed by atoms with E-state index in [4.69, 9.17) is 14.2 Å². The van der Waals surface area contributed by atoms with Crippen molar-refractivity contribution >= 4 is 17.8 Å². The second-order valence-corrected chi connectivity index (χ2v) is 24.1. The van der Waals surface area contributed by atoms with Gasteiger partial charge >= 0.3 is 11.9 Å². The van der Waals surface area contributed by atoms with E-state index in [9.17, 15) is 35.1 Å². The second kappa shape index (κ2) is 13.9. The summed E-state index contributed by atoms with van der Waals surface area (Å²) in [5.74, 6) is -3.13. The summed E-state index contributed by atoms with van der Waals surface area (Å²) in [6, 6.07) is -0.413. The number of hydrogen-bond donors (Lipinski definition) is 7. The maximum Gasteiger partial charge on any atom is 0.335 e. The zero-order valence-corrected chi connectivity index (χ0v) is 39.5. The lowest BCUT2D eigenvalue weighted by Crippen LogP contribution is -2.81. The van der Waals surface area contributed by atoms with Crippen LogP contribution in [0.1, 0.15) is 90.7 Å². The van der Waals surface area contributed by atoms with Gasteiger partial charge in [0.1, 0.15) is 18.3 Å². The van der Waals surface area contributed by atoms with Crippen LogP contribution in [0.2, 0.25) is 0 Å². The van der Waals surface area contributed by atoms with E-state index in [1.54, 1.807) is 7.11 Å². The minimum atomic E-state index is -1.83. The number of carbonyl (C=O) groups excluding carboxylic acids is 1. The van der Waals surface area contributed by atoms with Crippen LogP contribution in [0.4, 0.5) is 0 Å². The third kappa shape index (κ3) is 4.73. The van der Waals surface area contributed by atoms with Crippen LogP contribution < -0.4 is 5.32 Å². The van der Waals surface area contributed by atoms with E-state index >= 15 is 4.79 Å². The van der Waals surface area contributed by atoms with Gasteiger partial charge in [-0.1, -0.05) is 88.8 Å². The normalized spacial score (nSPS) is 52.0. The molecule has 2 aliphatic heterocycles. The largest absolute Gasteiger partial charge is 0.481 e. The Kier molecular flexibility index (Phi) is 9.23. The topological polar surface area (TPSA) is 208 Å². The highest BCUT2D eigenvalue weighted by molar-refractivity contribution is 5.88. The number of carboxylic acid groups (broad SMARTS) is 2. The van der Waals surface area contributed by atoms with Crippen LogP contribution in [-0.4, -0.2) is 105 Å². The van der Waals surface area contributed by atoms with Crippen molar-refractivity contribution in [3.63, 3.8) is 0 Å². The number of H-pyrrole nitrogens is 1. The molecule has 7 N–H and O–H groups in total. The average Bonchev–Trinajstić information content (AvgIpc) is 3.69. The number of carboxylic acids is 2. The molecule has 4 spiro atoms. The molecule has 11 aliphatic rings. The molecule has 12 rings (SSSR count). The number of ether oxygens (including phenoxy) is 3. The van der Waals surface area contributed by atoms with Crippen molar-refractivity contribution in [1.82, 2.24) is 10.3 Å². The Hall–Kier alpha value is -3.85. The highest BCUT2D eigenvalue weighted by atomic mass is 16.7. The first kappa shape index (κ1) is 44.4. The van der Waals surface area contributed by atoms with Crippen LogP contribution in [0.5, 0.6) is 0 Å². The Labute approximate surface area is 392 Å². The predicted octanol–water partition coefficient (Wildman–Crippen LogP) is 5.67. The summed E-state index contributed by atoms with van der Waals surface area (Å²) >= 11 is 0. The van der Waals surface area contributed by atoms with Gasteiger partial charge in [0, 0.05) is 47.7 Å². The van der Waals surface area contributed by atoms with Gasteiger partial charge in [-0.2, -0.15) is 0 Å². The maximum absolute atomic E-state index is 15.7. The predicted molar refractivity (Wildman–Crippen MR) is 244 cm³/mol. The van der Waals surface area contributed by atoms with E-state index in [2.05, 4.69) is 106 Å². The molecular formula is C54H68N2O11. The van der Waals surface area contributed by atoms with Crippen molar-refractivity contribution in [1.29, 1.82) is 0 Å².